The third-order valence-corrected chi connectivity index (χ3v) is 5.31. The zero-order valence-corrected chi connectivity index (χ0v) is 18.9. The quantitative estimate of drug-likeness (QED) is 0.384. The van der Waals surface area contributed by atoms with Crippen molar-refractivity contribution in [3.63, 3.8) is 0 Å². The van der Waals surface area contributed by atoms with Gasteiger partial charge in [-0.05, 0) is 49.7 Å². The van der Waals surface area contributed by atoms with Crippen LogP contribution in [-0.2, 0) is 13.1 Å². The standard InChI is InChI=1S/C21H31N5.HI/c1-16-7-9-20(10-8-16)25-21(22-3)24-14-18-5-4-6-19(13-18)15-26-12-11-23-17(26)2;/h4-6,11-13,16,20H,7-10,14-15H2,1-3H3,(H2,22,24,25);1H. The fourth-order valence-electron chi connectivity index (χ4n) is 3.58. The number of aryl methyl sites for hydroxylation is 1. The highest BCUT2D eigenvalue weighted by Crippen LogP contribution is 2.23. The number of halogens is 1. The van der Waals surface area contributed by atoms with Gasteiger partial charge in [0.2, 0.25) is 0 Å². The molecule has 1 saturated carbocycles. The van der Waals surface area contributed by atoms with Crippen molar-refractivity contribution in [2.45, 2.75) is 58.7 Å². The van der Waals surface area contributed by atoms with E-state index in [-0.39, 0.29) is 24.0 Å². The lowest BCUT2D eigenvalue weighted by Crippen LogP contribution is -2.44. The fourth-order valence-corrected chi connectivity index (χ4v) is 3.58. The molecular weight excluding hydrogens is 449 g/mol. The molecule has 148 valence electrons. The molecule has 2 aromatic rings. The van der Waals surface area contributed by atoms with Gasteiger partial charge in [0.1, 0.15) is 5.82 Å². The molecule has 1 heterocycles. The van der Waals surface area contributed by atoms with Crippen molar-refractivity contribution < 1.29 is 0 Å². The normalized spacial score (nSPS) is 20.0. The molecule has 0 atom stereocenters. The molecule has 2 N–H and O–H groups in total. The molecule has 0 aliphatic heterocycles. The number of hydrogen-bond acceptors (Lipinski definition) is 2. The van der Waals surface area contributed by atoms with Crippen LogP contribution in [0.1, 0.15) is 49.6 Å². The van der Waals surface area contributed by atoms with Gasteiger partial charge in [-0.25, -0.2) is 4.98 Å². The van der Waals surface area contributed by atoms with Gasteiger partial charge < -0.3 is 15.2 Å². The SMILES string of the molecule is CN=C(NCc1cccc(Cn2ccnc2C)c1)NC1CCC(C)CC1.I. The average molecular weight is 481 g/mol. The van der Waals surface area contributed by atoms with E-state index in [4.69, 9.17) is 0 Å². The molecule has 5 nitrogen and oxygen atoms in total. The number of rotatable bonds is 5. The topological polar surface area (TPSA) is 54.2 Å². The molecule has 1 aromatic carbocycles. The Kier molecular flexibility index (Phi) is 8.60. The highest BCUT2D eigenvalue weighted by molar-refractivity contribution is 14.0. The van der Waals surface area contributed by atoms with Gasteiger partial charge in [-0.2, -0.15) is 0 Å². The van der Waals surface area contributed by atoms with E-state index in [0.29, 0.717) is 6.04 Å². The third-order valence-electron chi connectivity index (χ3n) is 5.31. The number of aliphatic imine (C=N–C) groups is 1. The van der Waals surface area contributed by atoms with E-state index in [1.807, 2.05) is 26.4 Å². The second-order valence-electron chi connectivity index (χ2n) is 7.45. The van der Waals surface area contributed by atoms with Crippen molar-refractivity contribution in [3.8, 4) is 0 Å². The molecule has 6 heteroatoms. The molecule has 0 unspecified atom stereocenters. The minimum Gasteiger partial charge on any atom is -0.354 e. The first kappa shape index (κ1) is 21.7. The van der Waals surface area contributed by atoms with Crippen LogP contribution in [0, 0.1) is 12.8 Å². The van der Waals surface area contributed by atoms with Crippen LogP contribution in [0.4, 0.5) is 0 Å². The van der Waals surface area contributed by atoms with Crippen molar-refractivity contribution in [3.05, 3.63) is 53.6 Å². The summed E-state index contributed by atoms with van der Waals surface area (Å²) in [7, 11) is 1.85. The molecule has 27 heavy (non-hydrogen) atoms. The van der Waals surface area contributed by atoms with Gasteiger partial charge in [-0.1, -0.05) is 31.2 Å². The summed E-state index contributed by atoms with van der Waals surface area (Å²) in [5.41, 5.74) is 2.55. The first-order valence-electron chi connectivity index (χ1n) is 9.67. The number of imidazole rings is 1. The molecule has 1 fully saturated rings. The van der Waals surface area contributed by atoms with Gasteiger partial charge in [0.05, 0.1) is 0 Å². The molecule has 0 amide bonds. The van der Waals surface area contributed by atoms with E-state index in [0.717, 1.165) is 30.8 Å². The summed E-state index contributed by atoms with van der Waals surface area (Å²) in [4.78, 5) is 8.69. The van der Waals surface area contributed by atoms with Gasteiger partial charge in [0, 0.05) is 38.6 Å². The molecular formula is C21H32IN5. The summed E-state index contributed by atoms with van der Waals surface area (Å²) in [6.07, 6.45) is 8.97. The number of nitrogens with zero attached hydrogens (tertiary/aromatic N) is 3. The predicted molar refractivity (Wildman–Crippen MR) is 123 cm³/mol. The van der Waals surface area contributed by atoms with Crippen molar-refractivity contribution >= 4 is 29.9 Å². The first-order valence-corrected chi connectivity index (χ1v) is 9.67. The van der Waals surface area contributed by atoms with Crippen LogP contribution in [0.5, 0.6) is 0 Å². The monoisotopic (exact) mass is 481 g/mol. The van der Waals surface area contributed by atoms with Crippen LogP contribution >= 0.6 is 24.0 Å². The highest BCUT2D eigenvalue weighted by Gasteiger charge is 2.18. The Morgan fingerprint density at radius 3 is 2.63 bits per heavy atom. The number of hydrogen-bond donors (Lipinski definition) is 2. The number of guanidine groups is 1. The number of aromatic nitrogens is 2. The molecule has 3 rings (SSSR count). The summed E-state index contributed by atoms with van der Waals surface area (Å²) in [6, 6.07) is 9.25. The second-order valence-corrected chi connectivity index (χ2v) is 7.45. The summed E-state index contributed by atoms with van der Waals surface area (Å²) in [5, 5.41) is 7.04. The lowest BCUT2D eigenvalue weighted by molar-refractivity contribution is 0.329. The largest absolute Gasteiger partial charge is 0.354 e. The molecule has 0 saturated heterocycles. The van der Waals surface area contributed by atoms with E-state index in [2.05, 4.69) is 56.4 Å². The van der Waals surface area contributed by atoms with Crippen LogP contribution in [-0.4, -0.2) is 28.6 Å². The van der Waals surface area contributed by atoms with E-state index < -0.39 is 0 Å². The predicted octanol–water partition coefficient (Wildman–Crippen LogP) is 4.10. The highest BCUT2D eigenvalue weighted by atomic mass is 127. The zero-order valence-electron chi connectivity index (χ0n) is 16.6. The summed E-state index contributed by atoms with van der Waals surface area (Å²) >= 11 is 0. The van der Waals surface area contributed by atoms with Gasteiger partial charge in [0.25, 0.3) is 0 Å². The summed E-state index contributed by atoms with van der Waals surface area (Å²) in [6.45, 7) is 6.01. The lowest BCUT2D eigenvalue weighted by Gasteiger charge is -2.28. The van der Waals surface area contributed by atoms with Gasteiger partial charge in [-0.3, -0.25) is 4.99 Å². The average Bonchev–Trinajstić information content (AvgIpc) is 3.05. The lowest BCUT2D eigenvalue weighted by atomic mass is 9.87. The Morgan fingerprint density at radius 2 is 1.96 bits per heavy atom. The van der Waals surface area contributed by atoms with Gasteiger partial charge >= 0.3 is 0 Å². The van der Waals surface area contributed by atoms with E-state index in [1.165, 1.54) is 36.8 Å². The van der Waals surface area contributed by atoms with Crippen LogP contribution in [0.2, 0.25) is 0 Å². The van der Waals surface area contributed by atoms with Gasteiger partial charge in [-0.15, -0.1) is 24.0 Å². The Morgan fingerprint density at radius 1 is 1.22 bits per heavy atom. The van der Waals surface area contributed by atoms with Crippen LogP contribution in [0.25, 0.3) is 0 Å². The molecule has 1 aromatic heterocycles. The molecule has 0 radical (unpaired) electrons. The number of benzene rings is 1. The van der Waals surface area contributed by atoms with Crippen LogP contribution in [0.15, 0.2) is 41.7 Å². The second kappa shape index (κ2) is 10.7. The van der Waals surface area contributed by atoms with E-state index >= 15 is 0 Å². The molecule has 1 aliphatic carbocycles. The zero-order chi connectivity index (χ0) is 18.4. The Labute approximate surface area is 180 Å². The van der Waals surface area contributed by atoms with Crippen LogP contribution < -0.4 is 10.6 Å². The molecule has 1 aliphatic rings. The van der Waals surface area contributed by atoms with Crippen molar-refractivity contribution in [2.24, 2.45) is 10.9 Å². The fraction of sp³-hybridized carbons (Fsp3) is 0.524. The molecule has 0 bridgehead atoms. The van der Waals surface area contributed by atoms with E-state index in [1.54, 1.807) is 0 Å². The minimum absolute atomic E-state index is 0. The Bertz CT molecular complexity index is 732. The maximum absolute atomic E-state index is 4.39. The molecule has 0 spiro atoms. The van der Waals surface area contributed by atoms with Crippen molar-refractivity contribution in [1.29, 1.82) is 0 Å². The smallest absolute Gasteiger partial charge is 0.191 e. The van der Waals surface area contributed by atoms with Crippen molar-refractivity contribution in [2.75, 3.05) is 7.05 Å². The number of nitrogens with one attached hydrogen (secondary N) is 2. The van der Waals surface area contributed by atoms with Crippen LogP contribution in [0.3, 0.4) is 0 Å². The van der Waals surface area contributed by atoms with Crippen molar-refractivity contribution in [1.82, 2.24) is 20.2 Å². The third kappa shape index (κ3) is 6.52. The van der Waals surface area contributed by atoms with Gasteiger partial charge in [0.15, 0.2) is 5.96 Å². The Hall–Kier alpha value is -1.57. The van der Waals surface area contributed by atoms with E-state index in [9.17, 15) is 0 Å². The summed E-state index contributed by atoms with van der Waals surface area (Å²) in [5.74, 6) is 2.81. The summed E-state index contributed by atoms with van der Waals surface area (Å²) < 4.78 is 2.16. The first-order chi connectivity index (χ1) is 12.6. The minimum atomic E-state index is 0. The Balaban J connectivity index is 0.00000261. The maximum atomic E-state index is 4.39. The maximum Gasteiger partial charge on any atom is 0.191 e.